The van der Waals surface area contributed by atoms with Crippen molar-refractivity contribution in [3.63, 3.8) is 0 Å². The van der Waals surface area contributed by atoms with Crippen molar-refractivity contribution in [2.75, 3.05) is 0 Å². The molecule has 2 rings (SSSR count). The van der Waals surface area contributed by atoms with Gasteiger partial charge in [-0.3, -0.25) is 4.21 Å². The van der Waals surface area contributed by atoms with Crippen LogP contribution in [0.2, 0.25) is 0 Å². The van der Waals surface area contributed by atoms with Gasteiger partial charge in [-0.1, -0.05) is 12.2 Å². The summed E-state index contributed by atoms with van der Waals surface area (Å²) in [6.07, 6.45) is 13.5. The van der Waals surface area contributed by atoms with Crippen molar-refractivity contribution < 1.29 is 4.21 Å². The number of rotatable bonds is 4. The van der Waals surface area contributed by atoms with E-state index in [2.05, 4.69) is 25.3 Å². The van der Waals surface area contributed by atoms with Crippen molar-refractivity contribution in [1.82, 2.24) is 0 Å². The molecule has 0 N–H and O–H groups in total. The molecule has 0 amide bonds. The van der Waals surface area contributed by atoms with Gasteiger partial charge >= 0.3 is 0 Å². The van der Waals surface area contributed by atoms with Crippen molar-refractivity contribution in [3.8, 4) is 0 Å². The zero-order chi connectivity index (χ0) is 13.0. The molecule has 0 bridgehead atoms. The Morgan fingerprint density at radius 2 is 1.06 bits per heavy atom. The lowest BCUT2D eigenvalue weighted by Gasteiger charge is -2.32. The van der Waals surface area contributed by atoms with Crippen LogP contribution in [0.25, 0.3) is 0 Å². The third-order valence-corrected chi connectivity index (χ3v) is 7.02. The van der Waals surface area contributed by atoms with Crippen LogP contribution in [0.1, 0.15) is 51.4 Å². The molecule has 2 aliphatic rings. The van der Waals surface area contributed by atoms with E-state index in [0.717, 1.165) is 25.7 Å². The van der Waals surface area contributed by atoms with Crippen LogP contribution in [0.15, 0.2) is 25.3 Å². The number of hydrogen-bond donors (Lipinski definition) is 0. The van der Waals surface area contributed by atoms with Gasteiger partial charge in [-0.05, 0) is 63.2 Å². The van der Waals surface area contributed by atoms with E-state index < -0.39 is 10.8 Å². The Labute approximate surface area is 114 Å². The molecule has 2 heteroatoms. The van der Waals surface area contributed by atoms with Crippen LogP contribution in [0.5, 0.6) is 0 Å². The lowest BCUT2D eigenvalue weighted by molar-refractivity contribution is 0.403. The third-order valence-electron chi connectivity index (χ3n) is 4.76. The summed E-state index contributed by atoms with van der Waals surface area (Å²) in [5.41, 5.74) is 0. The van der Waals surface area contributed by atoms with Crippen molar-refractivity contribution in [2.45, 2.75) is 61.9 Å². The first-order valence-electron chi connectivity index (χ1n) is 7.39. The molecule has 0 aliphatic heterocycles. The molecule has 2 aliphatic carbocycles. The van der Waals surface area contributed by atoms with Crippen LogP contribution in [0.4, 0.5) is 0 Å². The van der Waals surface area contributed by atoms with E-state index in [0.29, 0.717) is 22.3 Å². The summed E-state index contributed by atoms with van der Waals surface area (Å²) in [6, 6.07) is 0. The standard InChI is InChI=1S/C16H26OS/c1-3-13-5-9-15(10-6-13)18(17)16-11-7-14(4-2)8-12-16/h3-4,13-16H,1-2,5-12H2. The highest BCUT2D eigenvalue weighted by atomic mass is 32.2. The molecule has 2 saturated carbocycles. The monoisotopic (exact) mass is 266 g/mol. The van der Waals surface area contributed by atoms with Gasteiger partial charge in [0.05, 0.1) is 0 Å². The first-order valence-corrected chi connectivity index (χ1v) is 8.66. The van der Waals surface area contributed by atoms with Crippen molar-refractivity contribution >= 4 is 10.8 Å². The van der Waals surface area contributed by atoms with Gasteiger partial charge in [0.15, 0.2) is 0 Å². The maximum Gasteiger partial charge on any atom is 0.0351 e. The molecule has 0 unspecified atom stereocenters. The fourth-order valence-electron chi connectivity index (χ4n) is 3.39. The Bertz CT molecular complexity index is 277. The Morgan fingerprint density at radius 1 is 0.722 bits per heavy atom. The van der Waals surface area contributed by atoms with Gasteiger partial charge in [-0.2, -0.15) is 0 Å². The fraction of sp³-hybridized carbons (Fsp3) is 0.750. The van der Waals surface area contributed by atoms with E-state index in [1.165, 1.54) is 25.7 Å². The summed E-state index contributed by atoms with van der Waals surface area (Å²) in [4.78, 5) is 0. The first-order chi connectivity index (χ1) is 8.74. The zero-order valence-corrected chi connectivity index (χ0v) is 12.2. The maximum absolute atomic E-state index is 12.6. The molecule has 18 heavy (non-hydrogen) atoms. The second kappa shape index (κ2) is 6.70. The van der Waals surface area contributed by atoms with E-state index in [1.807, 2.05) is 0 Å². The van der Waals surface area contributed by atoms with Crippen LogP contribution in [0.3, 0.4) is 0 Å². The normalized spacial score (nSPS) is 38.9. The van der Waals surface area contributed by atoms with Crippen LogP contribution < -0.4 is 0 Å². The van der Waals surface area contributed by atoms with Crippen molar-refractivity contribution in [2.24, 2.45) is 11.8 Å². The van der Waals surface area contributed by atoms with Gasteiger partial charge in [0.25, 0.3) is 0 Å². The van der Waals surface area contributed by atoms with Crippen LogP contribution in [0, 0.1) is 11.8 Å². The summed E-state index contributed by atoms with van der Waals surface area (Å²) in [6.45, 7) is 7.75. The minimum absolute atomic E-state index is 0.464. The predicted octanol–water partition coefficient (Wildman–Crippen LogP) is 4.22. The molecule has 1 nitrogen and oxygen atoms in total. The van der Waals surface area contributed by atoms with Crippen LogP contribution >= 0.6 is 0 Å². The summed E-state index contributed by atoms with van der Waals surface area (Å²) in [7, 11) is -0.595. The highest BCUT2D eigenvalue weighted by molar-refractivity contribution is 7.86. The summed E-state index contributed by atoms with van der Waals surface area (Å²) < 4.78 is 12.6. The van der Waals surface area contributed by atoms with E-state index in [9.17, 15) is 4.21 Å². The quantitative estimate of drug-likeness (QED) is 0.696. The van der Waals surface area contributed by atoms with E-state index >= 15 is 0 Å². The number of hydrogen-bond acceptors (Lipinski definition) is 1. The van der Waals surface area contributed by atoms with Gasteiger partial charge < -0.3 is 0 Å². The van der Waals surface area contributed by atoms with Gasteiger partial charge in [-0.25, -0.2) is 0 Å². The molecule has 0 aromatic heterocycles. The summed E-state index contributed by atoms with van der Waals surface area (Å²) in [5.74, 6) is 1.35. The minimum Gasteiger partial charge on any atom is -0.259 e. The van der Waals surface area contributed by atoms with Crippen molar-refractivity contribution in [3.05, 3.63) is 25.3 Å². The predicted molar refractivity (Wildman–Crippen MR) is 80.0 cm³/mol. The molecule has 102 valence electrons. The average Bonchev–Trinajstić information content (AvgIpc) is 2.47. The molecular formula is C16H26OS. The summed E-state index contributed by atoms with van der Waals surface area (Å²) in [5, 5.41) is 0.929. The van der Waals surface area contributed by atoms with Gasteiger partial charge in [0.2, 0.25) is 0 Å². The van der Waals surface area contributed by atoms with Crippen LogP contribution in [-0.2, 0) is 10.8 Å². The molecule has 0 atom stereocenters. The highest BCUT2D eigenvalue weighted by Crippen LogP contribution is 2.34. The molecule has 0 radical (unpaired) electrons. The fourth-order valence-corrected chi connectivity index (χ4v) is 5.40. The van der Waals surface area contributed by atoms with Gasteiger partial charge in [-0.15, -0.1) is 13.2 Å². The Kier molecular flexibility index (Phi) is 5.23. The average molecular weight is 266 g/mol. The van der Waals surface area contributed by atoms with Crippen molar-refractivity contribution in [1.29, 1.82) is 0 Å². The molecule has 0 aromatic carbocycles. The SMILES string of the molecule is C=CC1CCC(S(=O)C2CCC(C=C)CC2)CC1. The molecule has 0 saturated heterocycles. The van der Waals surface area contributed by atoms with E-state index in [1.54, 1.807) is 0 Å². The van der Waals surface area contributed by atoms with E-state index in [-0.39, 0.29) is 0 Å². The van der Waals surface area contributed by atoms with E-state index in [4.69, 9.17) is 0 Å². The third kappa shape index (κ3) is 3.34. The smallest absolute Gasteiger partial charge is 0.0351 e. The summed E-state index contributed by atoms with van der Waals surface area (Å²) >= 11 is 0. The molecular weight excluding hydrogens is 240 g/mol. The minimum atomic E-state index is -0.595. The maximum atomic E-state index is 12.6. The van der Waals surface area contributed by atoms with Gasteiger partial charge in [0.1, 0.15) is 0 Å². The molecule has 2 fully saturated rings. The topological polar surface area (TPSA) is 17.1 Å². The molecule has 0 heterocycles. The van der Waals surface area contributed by atoms with Gasteiger partial charge in [0, 0.05) is 21.3 Å². The Morgan fingerprint density at radius 3 is 1.33 bits per heavy atom. The largest absolute Gasteiger partial charge is 0.259 e. The Balaban J connectivity index is 1.81. The highest BCUT2D eigenvalue weighted by Gasteiger charge is 2.31. The molecule has 0 spiro atoms. The zero-order valence-electron chi connectivity index (χ0n) is 11.4. The lowest BCUT2D eigenvalue weighted by Crippen LogP contribution is -2.32. The van der Waals surface area contributed by atoms with Crippen LogP contribution in [-0.4, -0.2) is 14.7 Å². The second-order valence-electron chi connectivity index (χ2n) is 5.87. The Hall–Kier alpha value is -0.370. The molecule has 0 aromatic rings. The number of allylic oxidation sites excluding steroid dienone is 2. The lowest BCUT2D eigenvalue weighted by atomic mass is 9.89. The second-order valence-corrected chi connectivity index (χ2v) is 7.86. The first kappa shape index (κ1) is 14.0.